The molecule has 3 N–H and O–H groups in total. The molecule has 4 heteroatoms. The lowest BCUT2D eigenvalue weighted by molar-refractivity contribution is 0.204. The number of hydrogen-bond acceptors (Lipinski definition) is 2. The monoisotopic (exact) mass is 256 g/mol. The largest absolute Gasteiger partial charge is 0.394 e. The second-order valence-corrected chi connectivity index (χ2v) is 5.82. The van der Waals surface area contributed by atoms with E-state index in [4.69, 9.17) is 0 Å². The summed E-state index contributed by atoms with van der Waals surface area (Å²) in [4.78, 5) is 11.8. The average molecular weight is 256 g/mol. The van der Waals surface area contributed by atoms with Gasteiger partial charge in [-0.3, -0.25) is 0 Å². The van der Waals surface area contributed by atoms with Crippen LogP contribution < -0.4 is 10.6 Å². The Balaban J connectivity index is 2.29. The highest BCUT2D eigenvalue weighted by atomic mass is 16.3. The van der Waals surface area contributed by atoms with E-state index >= 15 is 0 Å². The van der Waals surface area contributed by atoms with Crippen molar-refractivity contribution in [1.82, 2.24) is 10.6 Å². The molecule has 0 radical (unpaired) electrons. The summed E-state index contributed by atoms with van der Waals surface area (Å²) in [7, 11) is 0. The van der Waals surface area contributed by atoms with Gasteiger partial charge in [0.2, 0.25) is 0 Å². The van der Waals surface area contributed by atoms with E-state index in [2.05, 4.69) is 24.5 Å². The van der Waals surface area contributed by atoms with Gasteiger partial charge in [0.05, 0.1) is 12.6 Å². The molecule has 1 unspecified atom stereocenters. The molecular weight excluding hydrogens is 228 g/mol. The van der Waals surface area contributed by atoms with Crippen LogP contribution in [0.25, 0.3) is 0 Å². The molecule has 0 aromatic rings. The molecule has 1 fully saturated rings. The van der Waals surface area contributed by atoms with Gasteiger partial charge in [0.25, 0.3) is 0 Å². The van der Waals surface area contributed by atoms with Crippen LogP contribution in [0.3, 0.4) is 0 Å². The fraction of sp³-hybridized carbons (Fsp3) is 0.929. The molecule has 1 aliphatic rings. The molecule has 18 heavy (non-hydrogen) atoms. The summed E-state index contributed by atoms with van der Waals surface area (Å²) >= 11 is 0. The van der Waals surface area contributed by atoms with Gasteiger partial charge in [-0.05, 0) is 25.2 Å². The van der Waals surface area contributed by atoms with Crippen molar-refractivity contribution >= 4 is 6.03 Å². The Morgan fingerprint density at radius 3 is 2.33 bits per heavy atom. The first-order chi connectivity index (χ1) is 8.61. The minimum Gasteiger partial charge on any atom is -0.394 e. The maximum absolute atomic E-state index is 11.8. The minimum absolute atomic E-state index is 0.0102. The zero-order valence-corrected chi connectivity index (χ0v) is 11.7. The van der Waals surface area contributed by atoms with E-state index in [0.29, 0.717) is 12.0 Å². The summed E-state index contributed by atoms with van der Waals surface area (Å²) in [6, 6.07) is 0.0586. The van der Waals surface area contributed by atoms with Gasteiger partial charge in [-0.25, -0.2) is 4.79 Å². The highest BCUT2D eigenvalue weighted by Gasteiger charge is 2.17. The maximum atomic E-state index is 11.8. The Morgan fingerprint density at radius 2 is 1.83 bits per heavy atom. The van der Waals surface area contributed by atoms with Crippen molar-refractivity contribution in [3.05, 3.63) is 0 Å². The summed E-state index contributed by atoms with van der Waals surface area (Å²) in [5.74, 6) is 0.473. The summed E-state index contributed by atoms with van der Waals surface area (Å²) < 4.78 is 0. The van der Waals surface area contributed by atoms with Crippen LogP contribution in [-0.4, -0.2) is 29.8 Å². The summed E-state index contributed by atoms with van der Waals surface area (Å²) in [6.07, 6.45) is 7.97. The number of aliphatic hydroxyl groups excluding tert-OH is 1. The fourth-order valence-electron chi connectivity index (χ4n) is 2.58. The Morgan fingerprint density at radius 1 is 1.22 bits per heavy atom. The van der Waals surface area contributed by atoms with Crippen LogP contribution in [0, 0.1) is 5.92 Å². The first-order valence-corrected chi connectivity index (χ1v) is 7.29. The van der Waals surface area contributed by atoms with Crippen LogP contribution in [0.4, 0.5) is 4.79 Å². The second-order valence-electron chi connectivity index (χ2n) is 5.82. The summed E-state index contributed by atoms with van der Waals surface area (Å²) in [5, 5.41) is 15.1. The smallest absolute Gasteiger partial charge is 0.315 e. The molecule has 1 atom stereocenters. The molecule has 0 spiro atoms. The Kier molecular flexibility index (Phi) is 7.09. The predicted octanol–water partition coefficient (Wildman–Crippen LogP) is 2.42. The van der Waals surface area contributed by atoms with Gasteiger partial charge < -0.3 is 15.7 Å². The molecule has 1 rings (SSSR count). The second kappa shape index (κ2) is 8.35. The quantitative estimate of drug-likeness (QED) is 0.662. The number of urea groups is 1. The molecular formula is C14H28N2O2. The van der Waals surface area contributed by atoms with Crippen molar-refractivity contribution in [3.8, 4) is 0 Å². The molecule has 0 aromatic heterocycles. The average Bonchev–Trinajstić information content (AvgIpc) is 2.56. The van der Waals surface area contributed by atoms with Crippen LogP contribution in [0.5, 0.6) is 0 Å². The summed E-state index contributed by atoms with van der Waals surface area (Å²) in [5.41, 5.74) is 0. The van der Waals surface area contributed by atoms with Gasteiger partial charge in [0.1, 0.15) is 0 Å². The van der Waals surface area contributed by atoms with E-state index in [0.717, 1.165) is 19.3 Å². The highest BCUT2D eigenvalue weighted by molar-refractivity contribution is 5.74. The molecule has 4 nitrogen and oxygen atoms in total. The van der Waals surface area contributed by atoms with Crippen molar-refractivity contribution in [2.45, 2.75) is 70.9 Å². The van der Waals surface area contributed by atoms with Crippen LogP contribution >= 0.6 is 0 Å². The third-order valence-corrected chi connectivity index (χ3v) is 3.50. The van der Waals surface area contributed by atoms with Crippen molar-refractivity contribution in [1.29, 1.82) is 0 Å². The van der Waals surface area contributed by atoms with E-state index in [1.54, 1.807) is 0 Å². The van der Waals surface area contributed by atoms with Crippen molar-refractivity contribution in [2.24, 2.45) is 5.92 Å². The van der Waals surface area contributed by atoms with Gasteiger partial charge in [-0.2, -0.15) is 0 Å². The van der Waals surface area contributed by atoms with E-state index < -0.39 is 0 Å². The summed E-state index contributed by atoms with van der Waals surface area (Å²) in [6.45, 7) is 4.19. The molecule has 106 valence electrons. The zero-order chi connectivity index (χ0) is 13.4. The number of nitrogens with one attached hydrogen (secondary N) is 2. The van der Waals surface area contributed by atoms with E-state index in [1.807, 2.05) is 0 Å². The predicted molar refractivity (Wildman–Crippen MR) is 73.5 cm³/mol. The maximum Gasteiger partial charge on any atom is 0.315 e. The standard InChI is InChI=1S/C14H28N2O2/c1-11(2)9-13(10-17)16-14(18)15-12-7-5-3-4-6-8-12/h11-13,17H,3-10H2,1-2H3,(H2,15,16,18). The molecule has 1 aliphatic carbocycles. The van der Waals surface area contributed by atoms with Gasteiger partial charge >= 0.3 is 6.03 Å². The zero-order valence-electron chi connectivity index (χ0n) is 11.7. The molecule has 0 aromatic carbocycles. The highest BCUT2D eigenvalue weighted by Crippen LogP contribution is 2.17. The molecule has 0 bridgehead atoms. The van der Waals surface area contributed by atoms with Crippen LogP contribution in [-0.2, 0) is 0 Å². The number of rotatable bonds is 5. The number of carbonyl (C=O) groups excluding carboxylic acids is 1. The van der Waals surface area contributed by atoms with Crippen LogP contribution in [0.15, 0.2) is 0 Å². The van der Waals surface area contributed by atoms with E-state index in [1.165, 1.54) is 25.7 Å². The Bertz CT molecular complexity index is 230. The Labute approximate surface area is 111 Å². The topological polar surface area (TPSA) is 61.4 Å². The fourth-order valence-corrected chi connectivity index (χ4v) is 2.58. The van der Waals surface area contributed by atoms with Gasteiger partial charge in [-0.1, -0.05) is 39.5 Å². The lowest BCUT2D eigenvalue weighted by Crippen LogP contribution is -2.47. The number of aliphatic hydroxyl groups is 1. The van der Waals surface area contributed by atoms with Gasteiger partial charge in [0, 0.05) is 6.04 Å². The molecule has 0 saturated heterocycles. The van der Waals surface area contributed by atoms with E-state index in [-0.39, 0.29) is 18.7 Å². The lowest BCUT2D eigenvalue weighted by atomic mass is 10.0. The number of amides is 2. The number of carbonyl (C=O) groups is 1. The third kappa shape index (κ3) is 6.24. The van der Waals surface area contributed by atoms with Gasteiger partial charge in [-0.15, -0.1) is 0 Å². The molecule has 0 aliphatic heterocycles. The minimum atomic E-state index is -0.129. The molecule has 2 amide bonds. The SMILES string of the molecule is CC(C)CC(CO)NC(=O)NC1CCCCCC1. The van der Waals surface area contributed by atoms with Crippen LogP contribution in [0.1, 0.15) is 58.8 Å². The first kappa shape index (κ1) is 15.3. The molecule has 1 saturated carbocycles. The van der Waals surface area contributed by atoms with Gasteiger partial charge in [0.15, 0.2) is 0 Å². The third-order valence-electron chi connectivity index (χ3n) is 3.50. The first-order valence-electron chi connectivity index (χ1n) is 7.29. The normalized spacial score (nSPS) is 19.3. The molecule has 0 heterocycles. The van der Waals surface area contributed by atoms with E-state index in [9.17, 15) is 9.90 Å². The van der Waals surface area contributed by atoms with Crippen molar-refractivity contribution in [3.63, 3.8) is 0 Å². The lowest BCUT2D eigenvalue weighted by Gasteiger charge is -2.21. The van der Waals surface area contributed by atoms with Crippen molar-refractivity contribution in [2.75, 3.05) is 6.61 Å². The van der Waals surface area contributed by atoms with Crippen molar-refractivity contribution < 1.29 is 9.90 Å². The Hall–Kier alpha value is -0.770. The van der Waals surface area contributed by atoms with Crippen LogP contribution in [0.2, 0.25) is 0 Å². The number of hydrogen-bond donors (Lipinski definition) is 3.